The van der Waals surface area contributed by atoms with E-state index in [1.807, 2.05) is 37.3 Å². The SMILES string of the molecule is CCNC(C#N)c1ccc(-c2ccccc2)cc1. The van der Waals surface area contributed by atoms with Gasteiger partial charge >= 0.3 is 0 Å². The lowest BCUT2D eigenvalue weighted by molar-refractivity contribution is 0.658. The fourth-order valence-electron chi connectivity index (χ4n) is 1.94. The fraction of sp³-hybridized carbons (Fsp3) is 0.188. The van der Waals surface area contributed by atoms with E-state index in [-0.39, 0.29) is 6.04 Å². The second kappa shape index (κ2) is 6.00. The lowest BCUT2D eigenvalue weighted by Crippen LogP contribution is -2.18. The van der Waals surface area contributed by atoms with Crippen molar-refractivity contribution in [1.29, 1.82) is 5.26 Å². The fourth-order valence-corrected chi connectivity index (χ4v) is 1.94. The summed E-state index contributed by atoms with van der Waals surface area (Å²) in [4.78, 5) is 0. The molecular formula is C16H16N2. The van der Waals surface area contributed by atoms with Crippen LogP contribution in [-0.4, -0.2) is 6.54 Å². The third-order valence-corrected chi connectivity index (χ3v) is 2.89. The quantitative estimate of drug-likeness (QED) is 0.881. The molecule has 2 aromatic carbocycles. The Bertz CT molecular complexity index is 523. The average molecular weight is 236 g/mol. The van der Waals surface area contributed by atoms with Crippen molar-refractivity contribution < 1.29 is 0 Å². The van der Waals surface area contributed by atoms with Crippen LogP contribution >= 0.6 is 0 Å². The van der Waals surface area contributed by atoms with Crippen LogP contribution in [0, 0.1) is 11.3 Å². The molecule has 2 nitrogen and oxygen atoms in total. The smallest absolute Gasteiger partial charge is 0.121 e. The van der Waals surface area contributed by atoms with Gasteiger partial charge in [-0.1, -0.05) is 61.5 Å². The number of nitrogens with zero attached hydrogens (tertiary/aromatic N) is 1. The number of nitriles is 1. The molecule has 0 aromatic heterocycles. The van der Waals surface area contributed by atoms with Crippen LogP contribution in [-0.2, 0) is 0 Å². The maximum absolute atomic E-state index is 9.08. The number of hydrogen-bond donors (Lipinski definition) is 1. The lowest BCUT2D eigenvalue weighted by atomic mass is 10.0. The van der Waals surface area contributed by atoms with Crippen LogP contribution < -0.4 is 5.32 Å². The first-order chi connectivity index (χ1) is 8.85. The molecule has 0 aliphatic heterocycles. The van der Waals surface area contributed by atoms with Gasteiger partial charge in [0, 0.05) is 0 Å². The Hall–Kier alpha value is -2.11. The summed E-state index contributed by atoms with van der Waals surface area (Å²) in [5.41, 5.74) is 3.38. The van der Waals surface area contributed by atoms with Crippen LogP contribution in [0.2, 0.25) is 0 Å². The summed E-state index contributed by atoms with van der Waals surface area (Å²) in [6, 6.07) is 20.4. The number of hydrogen-bond acceptors (Lipinski definition) is 2. The molecule has 0 radical (unpaired) electrons. The standard InChI is InChI=1S/C16H16N2/c1-2-18-16(12-17)15-10-8-14(9-11-15)13-6-4-3-5-7-13/h3-11,16,18H,2H2,1H3. The number of nitrogens with one attached hydrogen (secondary N) is 1. The van der Waals surface area contributed by atoms with Gasteiger partial charge in [-0.25, -0.2) is 0 Å². The molecule has 0 bridgehead atoms. The first kappa shape index (κ1) is 12.3. The summed E-state index contributed by atoms with van der Waals surface area (Å²) < 4.78 is 0. The Morgan fingerprint density at radius 1 is 1.00 bits per heavy atom. The molecule has 0 amide bonds. The Morgan fingerprint density at radius 3 is 2.17 bits per heavy atom. The summed E-state index contributed by atoms with van der Waals surface area (Å²) >= 11 is 0. The Labute approximate surface area is 108 Å². The first-order valence-corrected chi connectivity index (χ1v) is 6.13. The van der Waals surface area contributed by atoms with E-state index in [1.54, 1.807) is 0 Å². The van der Waals surface area contributed by atoms with E-state index >= 15 is 0 Å². The third kappa shape index (κ3) is 2.77. The minimum Gasteiger partial charge on any atom is -0.298 e. The van der Waals surface area contributed by atoms with Crippen molar-refractivity contribution in [3.63, 3.8) is 0 Å². The molecular weight excluding hydrogens is 220 g/mol. The lowest BCUT2D eigenvalue weighted by Gasteiger charge is -2.10. The van der Waals surface area contributed by atoms with E-state index in [9.17, 15) is 0 Å². The molecule has 2 aromatic rings. The molecule has 0 spiro atoms. The van der Waals surface area contributed by atoms with Crippen LogP contribution in [0.1, 0.15) is 18.5 Å². The summed E-state index contributed by atoms with van der Waals surface area (Å²) in [6.45, 7) is 2.79. The molecule has 0 saturated carbocycles. The molecule has 2 heteroatoms. The molecule has 1 N–H and O–H groups in total. The van der Waals surface area contributed by atoms with E-state index in [0.29, 0.717) is 0 Å². The van der Waals surface area contributed by atoms with Gasteiger partial charge in [-0.3, -0.25) is 5.32 Å². The van der Waals surface area contributed by atoms with Gasteiger partial charge in [0.25, 0.3) is 0 Å². The number of rotatable bonds is 4. The van der Waals surface area contributed by atoms with E-state index in [1.165, 1.54) is 11.1 Å². The van der Waals surface area contributed by atoms with Crippen LogP contribution in [0.25, 0.3) is 11.1 Å². The van der Waals surface area contributed by atoms with Crippen molar-refractivity contribution in [1.82, 2.24) is 5.32 Å². The Morgan fingerprint density at radius 2 is 1.61 bits per heavy atom. The van der Waals surface area contributed by atoms with Gasteiger partial charge in [-0.05, 0) is 23.2 Å². The molecule has 0 aliphatic carbocycles. The van der Waals surface area contributed by atoms with Crippen LogP contribution in [0.3, 0.4) is 0 Å². The normalized spacial score (nSPS) is 11.8. The second-order valence-electron chi connectivity index (χ2n) is 4.11. The molecule has 0 fully saturated rings. The topological polar surface area (TPSA) is 35.8 Å². The van der Waals surface area contributed by atoms with Gasteiger partial charge in [0.15, 0.2) is 0 Å². The first-order valence-electron chi connectivity index (χ1n) is 6.13. The maximum atomic E-state index is 9.08. The molecule has 0 heterocycles. The van der Waals surface area contributed by atoms with Crippen molar-refractivity contribution in [2.45, 2.75) is 13.0 Å². The predicted molar refractivity (Wildman–Crippen MR) is 73.9 cm³/mol. The van der Waals surface area contributed by atoms with Crippen molar-refractivity contribution in [2.24, 2.45) is 0 Å². The largest absolute Gasteiger partial charge is 0.298 e. The molecule has 1 atom stereocenters. The summed E-state index contributed by atoms with van der Waals surface area (Å²) in [7, 11) is 0. The molecule has 90 valence electrons. The zero-order chi connectivity index (χ0) is 12.8. The minimum absolute atomic E-state index is 0.222. The summed E-state index contributed by atoms with van der Waals surface area (Å²) in [5.74, 6) is 0. The highest BCUT2D eigenvalue weighted by Crippen LogP contribution is 2.21. The molecule has 2 rings (SSSR count). The Kier molecular flexibility index (Phi) is 4.11. The summed E-state index contributed by atoms with van der Waals surface area (Å²) in [5, 5.41) is 12.2. The van der Waals surface area contributed by atoms with Crippen LogP contribution in [0.5, 0.6) is 0 Å². The highest BCUT2D eigenvalue weighted by molar-refractivity contribution is 5.63. The van der Waals surface area contributed by atoms with Gasteiger partial charge < -0.3 is 0 Å². The molecule has 18 heavy (non-hydrogen) atoms. The Balaban J connectivity index is 2.23. The summed E-state index contributed by atoms with van der Waals surface area (Å²) in [6.07, 6.45) is 0. The molecule has 1 unspecified atom stereocenters. The monoisotopic (exact) mass is 236 g/mol. The minimum atomic E-state index is -0.222. The second-order valence-corrected chi connectivity index (χ2v) is 4.11. The van der Waals surface area contributed by atoms with E-state index < -0.39 is 0 Å². The van der Waals surface area contributed by atoms with Crippen molar-refractivity contribution in [3.8, 4) is 17.2 Å². The maximum Gasteiger partial charge on any atom is 0.121 e. The zero-order valence-corrected chi connectivity index (χ0v) is 10.4. The van der Waals surface area contributed by atoms with E-state index in [2.05, 4.69) is 35.7 Å². The van der Waals surface area contributed by atoms with Crippen molar-refractivity contribution in [2.75, 3.05) is 6.54 Å². The van der Waals surface area contributed by atoms with Crippen LogP contribution in [0.4, 0.5) is 0 Å². The highest BCUT2D eigenvalue weighted by Gasteiger charge is 2.08. The van der Waals surface area contributed by atoms with Gasteiger partial charge in [-0.2, -0.15) is 5.26 Å². The number of benzene rings is 2. The highest BCUT2D eigenvalue weighted by atomic mass is 14.9. The zero-order valence-electron chi connectivity index (χ0n) is 10.4. The van der Waals surface area contributed by atoms with Gasteiger partial charge in [0.2, 0.25) is 0 Å². The van der Waals surface area contributed by atoms with Crippen LogP contribution in [0.15, 0.2) is 54.6 Å². The van der Waals surface area contributed by atoms with Gasteiger partial charge in [0.1, 0.15) is 6.04 Å². The molecule has 0 saturated heterocycles. The van der Waals surface area contributed by atoms with Gasteiger partial charge in [0.05, 0.1) is 6.07 Å². The van der Waals surface area contributed by atoms with E-state index in [4.69, 9.17) is 5.26 Å². The van der Waals surface area contributed by atoms with Gasteiger partial charge in [-0.15, -0.1) is 0 Å². The third-order valence-electron chi connectivity index (χ3n) is 2.89. The van der Waals surface area contributed by atoms with E-state index in [0.717, 1.165) is 12.1 Å². The average Bonchev–Trinajstić information content (AvgIpc) is 2.46. The van der Waals surface area contributed by atoms with Crippen molar-refractivity contribution in [3.05, 3.63) is 60.2 Å². The predicted octanol–water partition coefficient (Wildman–Crippen LogP) is 3.53. The van der Waals surface area contributed by atoms with Crippen molar-refractivity contribution >= 4 is 0 Å². The molecule has 0 aliphatic rings.